The summed E-state index contributed by atoms with van der Waals surface area (Å²) in [7, 11) is 0. The highest BCUT2D eigenvalue weighted by Crippen LogP contribution is 2.20. The van der Waals surface area contributed by atoms with Crippen LogP contribution >= 0.6 is 11.6 Å². The van der Waals surface area contributed by atoms with Gasteiger partial charge in [0, 0.05) is 10.7 Å². The van der Waals surface area contributed by atoms with Crippen LogP contribution in [-0.4, -0.2) is 18.7 Å². The number of amides is 1. The molecule has 0 aliphatic heterocycles. The van der Waals surface area contributed by atoms with E-state index in [0.717, 1.165) is 28.8 Å². The summed E-state index contributed by atoms with van der Waals surface area (Å²) in [6, 6.07) is 13.1. The number of hydrogen-bond donors (Lipinski definition) is 1. The molecule has 23 heavy (non-hydrogen) atoms. The lowest BCUT2D eigenvalue weighted by Crippen LogP contribution is -2.18. The number of benzene rings is 2. The van der Waals surface area contributed by atoms with Crippen LogP contribution in [0.4, 0.5) is 5.69 Å². The van der Waals surface area contributed by atoms with Crippen molar-refractivity contribution in [2.45, 2.75) is 20.3 Å². The Kier molecular flexibility index (Phi) is 6.18. The Bertz CT molecular complexity index is 697. The molecule has 0 bridgehead atoms. The maximum atomic E-state index is 12.0. The van der Waals surface area contributed by atoms with Gasteiger partial charge >= 0.3 is 0 Å². The van der Waals surface area contributed by atoms with Crippen LogP contribution in [-0.2, 0) is 16.1 Å². The van der Waals surface area contributed by atoms with Crippen LogP contribution < -0.4 is 5.32 Å². The van der Waals surface area contributed by atoms with Gasteiger partial charge in [-0.15, -0.1) is 0 Å². The molecule has 1 N–H and O–H groups in total. The zero-order valence-electron chi connectivity index (χ0n) is 13.2. The summed E-state index contributed by atoms with van der Waals surface area (Å²) in [5.41, 5.74) is 3.83. The fourth-order valence-electron chi connectivity index (χ4n) is 2.12. The Hall–Kier alpha value is -2.33. The zero-order chi connectivity index (χ0) is 16.7. The minimum atomic E-state index is -0.234. The van der Waals surface area contributed by atoms with Crippen molar-refractivity contribution in [3.8, 4) is 0 Å². The van der Waals surface area contributed by atoms with Gasteiger partial charge in [0.15, 0.2) is 6.61 Å². The Morgan fingerprint density at radius 2 is 2.00 bits per heavy atom. The van der Waals surface area contributed by atoms with E-state index in [9.17, 15) is 4.79 Å². The minimum absolute atomic E-state index is 0.137. The number of nitrogens with zero attached hydrogens (tertiary/aromatic N) is 1. The largest absolute Gasteiger partial charge is 0.386 e. The SMILES string of the molecule is CCc1cccc(C)c1NC(=O)CO/N=C\c1ccc(Cl)cc1. The summed E-state index contributed by atoms with van der Waals surface area (Å²) in [5.74, 6) is -0.234. The monoisotopic (exact) mass is 330 g/mol. The van der Waals surface area contributed by atoms with Crippen LogP contribution in [0.2, 0.25) is 5.02 Å². The molecule has 0 atom stereocenters. The summed E-state index contributed by atoms with van der Waals surface area (Å²) < 4.78 is 0. The van der Waals surface area contributed by atoms with Crippen molar-refractivity contribution in [2.24, 2.45) is 5.16 Å². The molecule has 0 saturated heterocycles. The van der Waals surface area contributed by atoms with Gasteiger partial charge < -0.3 is 10.2 Å². The summed E-state index contributed by atoms with van der Waals surface area (Å²) in [4.78, 5) is 17.0. The molecule has 0 aliphatic carbocycles. The molecule has 1 amide bonds. The zero-order valence-corrected chi connectivity index (χ0v) is 13.9. The number of nitrogens with one attached hydrogen (secondary N) is 1. The Morgan fingerprint density at radius 1 is 1.26 bits per heavy atom. The molecule has 0 spiro atoms. The third kappa shape index (κ3) is 5.11. The summed E-state index contributed by atoms with van der Waals surface area (Å²) in [6.45, 7) is 3.88. The molecule has 120 valence electrons. The molecular formula is C18H19ClN2O2. The minimum Gasteiger partial charge on any atom is -0.386 e. The van der Waals surface area contributed by atoms with Crippen LogP contribution in [0.5, 0.6) is 0 Å². The predicted octanol–water partition coefficient (Wildman–Crippen LogP) is 4.20. The van der Waals surface area contributed by atoms with E-state index in [1.165, 1.54) is 6.21 Å². The quantitative estimate of drug-likeness (QED) is 0.637. The first-order valence-electron chi connectivity index (χ1n) is 7.39. The molecule has 4 nitrogen and oxygen atoms in total. The van der Waals surface area contributed by atoms with Crippen LogP contribution in [0, 0.1) is 6.92 Å². The average Bonchev–Trinajstić information content (AvgIpc) is 2.55. The fraction of sp³-hybridized carbons (Fsp3) is 0.222. The van der Waals surface area contributed by atoms with Gasteiger partial charge in [0.2, 0.25) is 0 Å². The number of aryl methyl sites for hydroxylation is 2. The molecule has 5 heteroatoms. The maximum absolute atomic E-state index is 12.0. The fourth-order valence-corrected chi connectivity index (χ4v) is 2.25. The van der Waals surface area contributed by atoms with Crippen LogP contribution in [0.25, 0.3) is 0 Å². The number of carbonyl (C=O) groups excluding carboxylic acids is 1. The van der Waals surface area contributed by atoms with E-state index in [-0.39, 0.29) is 12.5 Å². The second kappa shape index (κ2) is 8.34. The van der Waals surface area contributed by atoms with Gasteiger partial charge in [0.05, 0.1) is 6.21 Å². The molecular weight excluding hydrogens is 312 g/mol. The van der Waals surface area contributed by atoms with E-state index in [1.54, 1.807) is 12.1 Å². The highest BCUT2D eigenvalue weighted by atomic mass is 35.5. The Morgan fingerprint density at radius 3 is 2.70 bits per heavy atom. The van der Waals surface area contributed by atoms with Crippen molar-refractivity contribution in [1.82, 2.24) is 0 Å². The number of hydrogen-bond acceptors (Lipinski definition) is 3. The molecule has 2 rings (SSSR count). The van der Waals surface area contributed by atoms with Crippen molar-refractivity contribution >= 4 is 29.4 Å². The number of halogens is 1. The lowest BCUT2D eigenvalue weighted by molar-refractivity contribution is -0.120. The standard InChI is InChI=1S/C18H19ClN2O2/c1-3-15-6-4-5-13(2)18(15)21-17(22)12-23-20-11-14-7-9-16(19)10-8-14/h4-11H,3,12H2,1-2H3,(H,21,22)/b20-11-. The molecule has 0 aromatic heterocycles. The summed E-state index contributed by atoms with van der Waals surface area (Å²) in [6.07, 6.45) is 2.39. The van der Waals surface area contributed by atoms with Crippen LogP contribution in [0.1, 0.15) is 23.6 Å². The normalized spacial score (nSPS) is 10.7. The van der Waals surface area contributed by atoms with Gasteiger partial charge in [0.25, 0.3) is 5.91 Å². The maximum Gasteiger partial charge on any atom is 0.265 e. The van der Waals surface area contributed by atoms with Crippen molar-refractivity contribution in [3.63, 3.8) is 0 Å². The molecule has 0 saturated carbocycles. The highest BCUT2D eigenvalue weighted by molar-refractivity contribution is 6.30. The highest BCUT2D eigenvalue weighted by Gasteiger charge is 2.08. The van der Waals surface area contributed by atoms with Crippen LogP contribution in [0.3, 0.4) is 0 Å². The molecule has 0 aliphatic rings. The lowest BCUT2D eigenvalue weighted by atomic mass is 10.1. The van der Waals surface area contributed by atoms with Gasteiger partial charge in [-0.1, -0.05) is 54.0 Å². The van der Waals surface area contributed by atoms with Gasteiger partial charge in [-0.05, 0) is 42.2 Å². The van der Waals surface area contributed by atoms with Gasteiger partial charge in [-0.3, -0.25) is 4.79 Å². The number of anilines is 1. The molecule has 0 radical (unpaired) electrons. The first kappa shape index (κ1) is 17.0. The van der Waals surface area contributed by atoms with E-state index >= 15 is 0 Å². The molecule has 0 fully saturated rings. The van der Waals surface area contributed by atoms with E-state index in [2.05, 4.69) is 17.4 Å². The Balaban J connectivity index is 1.87. The van der Waals surface area contributed by atoms with Crippen LogP contribution in [0.15, 0.2) is 47.6 Å². The van der Waals surface area contributed by atoms with E-state index in [0.29, 0.717) is 5.02 Å². The number of para-hydroxylation sites is 1. The first-order chi connectivity index (χ1) is 11.1. The third-order valence-electron chi connectivity index (χ3n) is 3.35. The van der Waals surface area contributed by atoms with E-state index in [4.69, 9.17) is 16.4 Å². The lowest BCUT2D eigenvalue weighted by Gasteiger charge is -2.12. The molecule has 0 unspecified atom stereocenters. The van der Waals surface area contributed by atoms with Gasteiger partial charge in [0.1, 0.15) is 0 Å². The number of carbonyl (C=O) groups is 1. The molecule has 0 heterocycles. The summed E-state index contributed by atoms with van der Waals surface area (Å²) >= 11 is 5.80. The smallest absolute Gasteiger partial charge is 0.265 e. The summed E-state index contributed by atoms with van der Waals surface area (Å²) in [5, 5.41) is 7.33. The number of rotatable bonds is 6. The second-order valence-electron chi connectivity index (χ2n) is 5.07. The third-order valence-corrected chi connectivity index (χ3v) is 3.60. The van der Waals surface area contributed by atoms with Crippen molar-refractivity contribution < 1.29 is 9.63 Å². The second-order valence-corrected chi connectivity index (χ2v) is 5.51. The first-order valence-corrected chi connectivity index (χ1v) is 7.77. The van der Waals surface area contributed by atoms with Gasteiger partial charge in [-0.2, -0.15) is 0 Å². The predicted molar refractivity (Wildman–Crippen MR) is 94.2 cm³/mol. The van der Waals surface area contributed by atoms with E-state index in [1.807, 2.05) is 37.3 Å². The van der Waals surface area contributed by atoms with E-state index < -0.39 is 0 Å². The van der Waals surface area contributed by atoms with Crippen molar-refractivity contribution in [1.29, 1.82) is 0 Å². The number of oxime groups is 1. The molecule has 2 aromatic rings. The van der Waals surface area contributed by atoms with Crippen molar-refractivity contribution in [3.05, 3.63) is 64.2 Å². The topological polar surface area (TPSA) is 50.7 Å². The Labute approximate surface area is 141 Å². The van der Waals surface area contributed by atoms with Crippen molar-refractivity contribution in [2.75, 3.05) is 11.9 Å². The molecule has 2 aromatic carbocycles. The van der Waals surface area contributed by atoms with Gasteiger partial charge in [-0.25, -0.2) is 0 Å². The average molecular weight is 331 g/mol.